The monoisotopic (exact) mass is 282 g/mol. The molecule has 1 fully saturated rings. The third-order valence-electron chi connectivity index (χ3n) is 3.54. The van der Waals surface area contributed by atoms with Gasteiger partial charge >= 0.3 is 0 Å². The predicted molar refractivity (Wildman–Crippen MR) is 77.1 cm³/mol. The van der Waals surface area contributed by atoms with Crippen molar-refractivity contribution in [1.29, 1.82) is 0 Å². The van der Waals surface area contributed by atoms with Gasteiger partial charge in [-0.1, -0.05) is 6.07 Å². The van der Waals surface area contributed by atoms with E-state index in [1.807, 2.05) is 17.8 Å². The summed E-state index contributed by atoms with van der Waals surface area (Å²) in [6.45, 7) is 0.906. The van der Waals surface area contributed by atoms with Crippen molar-refractivity contribution in [2.75, 3.05) is 11.5 Å². The van der Waals surface area contributed by atoms with Crippen LogP contribution in [0, 0.1) is 16.5 Å². The summed E-state index contributed by atoms with van der Waals surface area (Å²) in [6, 6.07) is 5.14. The Kier molecular flexibility index (Phi) is 3.43. The van der Waals surface area contributed by atoms with Crippen LogP contribution in [0.15, 0.2) is 18.2 Å². The molecule has 1 aromatic carbocycles. The van der Waals surface area contributed by atoms with Crippen LogP contribution in [0.5, 0.6) is 0 Å². The summed E-state index contributed by atoms with van der Waals surface area (Å²) in [7, 11) is 0. The normalized spacial score (nSPS) is 17.4. The number of nitrogens with zero attached hydrogens (tertiary/aromatic N) is 1. The molecule has 96 valence electrons. The van der Waals surface area contributed by atoms with E-state index in [0.29, 0.717) is 16.2 Å². The maximum Gasteiger partial charge on any atom is 0.178 e. The highest BCUT2D eigenvalue weighted by molar-refractivity contribution is 7.99. The molecule has 0 atom stereocenters. The first-order chi connectivity index (χ1) is 8.75. The summed E-state index contributed by atoms with van der Waals surface area (Å²) >= 11 is 7.34. The lowest BCUT2D eigenvalue weighted by atomic mass is 10.0. The number of H-pyrrole nitrogens is 1. The Bertz CT molecular complexity index is 611. The number of benzene rings is 1. The maximum absolute atomic E-state index is 13.7. The third-order valence-corrected chi connectivity index (χ3v) is 4.91. The van der Waals surface area contributed by atoms with Crippen molar-refractivity contribution < 1.29 is 4.39 Å². The van der Waals surface area contributed by atoms with Gasteiger partial charge in [-0.05, 0) is 54.6 Å². The minimum absolute atomic E-state index is 0.225. The van der Waals surface area contributed by atoms with Crippen LogP contribution in [0.3, 0.4) is 0 Å². The van der Waals surface area contributed by atoms with Crippen molar-refractivity contribution >= 4 is 35.0 Å². The summed E-state index contributed by atoms with van der Waals surface area (Å²) in [5, 5.41) is 0. The second-order valence-corrected chi connectivity index (χ2v) is 6.34. The molecule has 18 heavy (non-hydrogen) atoms. The smallest absolute Gasteiger partial charge is 0.178 e. The first-order valence-electron chi connectivity index (χ1n) is 6.20. The molecule has 1 N–H and O–H groups in total. The van der Waals surface area contributed by atoms with Crippen LogP contribution in [0.4, 0.5) is 4.39 Å². The SMILES string of the molecule is Fc1cccc2c1[nH]c(=S)n2CC1CCSCC1. The van der Waals surface area contributed by atoms with Crippen LogP contribution >= 0.6 is 24.0 Å². The number of nitrogens with one attached hydrogen (secondary N) is 1. The van der Waals surface area contributed by atoms with Gasteiger partial charge in [-0.25, -0.2) is 4.39 Å². The van der Waals surface area contributed by atoms with E-state index >= 15 is 0 Å². The quantitative estimate of drug-likeness (QED) is 0.841. The van der Waals surface area contributed by atoms with Crippen molar-refractivity contribution in [3.8, 4) is 0 Å². The number of aromatic amines is 1. The van der Waals surface area contributed by atoms with Gasteiger partial charge in [0, 0.05) is 6.54 Å². The van der Waals surface area contributed by atoms with Crippen LogP contribution in [0.25, 0.3) is 11.0 Å². The van der Waals surface area contributed by atoms with Crippen LogP contribution in [-0.2, 0) is 6.54 Å². The van der Waals surface area contributed by atoms with Gasteiger partial charge in [0.1, 0.15) is 11.3 Å². The largest absolute Gasteiger partial charge is 0.328 e. The predicted octanol–water partition coefficient (Wildman–Crippen LogP) is 3.98. The minimum Gasteiger partial charge on any atom is -0.328 e. The molecule has 1 aromatic heterocycles. The standard InChI is InChI=1S/C13H15FN2S2/c14-10-2-1-3-11-12(10)15-13(17)16(11)8-9-4-6-18-7-5-9/h1-3,9H,4-8H2,(H,15,17). The molecule has 3 rings (SSSR count). The summed E-state index contributed by atoms with van der Waals surface area (Å²) in [5.41, 5.74) is 1.42. The van der Waals surface area contributed by atoms with Gasteiger partial charge in [0.25, 0.3) is 0 Å². The van der Waals surface area contributed by atoms with Crippen LogP contribution in [0.1, 0.15) is 12.8 Å². The van der Waals surface area contributed by atoms with Gasteiger partial charge in [-0.2, -0.15) is 11.8 Å². The highest BCUT2D eigenvalue weighted by Gasteiger charge is 2.16. The van der Waals surface area contributed by atoms with Gasteiger partial charge in [-0.15, -0.1) is 0 Å². The number of halogens is 1. The van der Waals surface area contributed by atoms with Crippen LogP contribution < -0.4 is 0 Å². The summed E-state index contributed by atoms with van der Waals surface area (Å²) in [4.78, 5) is 2.98. The molecular weight excluding hydrogens is 267 g/mol. The highest BCUT2D eigenvalue weighted by atomic mass is 32.2. The Morgan fingerprint density at radius 3 is 2.94 bits per heavy atom. The molecule has 1 aliphatic heterocycles. The molecule has 0 aliphatic carbocycles. The lowest BCUT2D eigenvalue weighted by molar-refractivity contribution is 0.420. The fourth-order valence-corrected chi connectivity index (χ4v) is 3.99. The summed E-state index contributed by atoms with van der Waals surface area (Å²) in [5.74, 6) is 2.90. The average Bonchev–Trinajstić information content (AvgIpc) is 2.70. The van der Waals surface area contributed by atoms with E-state index in [4.69, 9.17) is 12.2 Å². The number of hydrogen-bond acceptors (Lipinski definition) is 2. The second-order valence-electron chi connectivity index (χ2n) is 4.73. The molecule has 0 amide bonds. The number of fused-ring (bicyclic) bond motifs is 1. The summed E-state index contributed by atoms with van der Waals surface area (Å²) < 4.78 is 16.3. The number of para-hydroxylation sites is 1. The minimum atomic E-state index is -0.225. The van der Waals surface area contributed by atoms with Crippen LogP contribution in [0.2, 0.25) is 0 Å². The van der Waals surface area contributed by atoms with E-state index in [1.54, 1.807) is 6.07 Å². The molecule has 2 heterocycles. The molecule has 1 saturated heterocycles. The van der Waals surface area contributed by atoms with Crippen molar-refractivity contribution in [3.63, 3.8) is 0 Å². The first kappa shape index (κ1) is 12.2. The van der Waals surface area contributed by atoms with Gasteiger partial charge < -0.3 is 9.55 Å². The zero-order chi connectivity index (χ0) is 12.5. The number of imidazole rings is 1. The van der Waals surface area contributed by atoms with Gasteiger partial charge in [-0.3, -0.25) is 0 Å². The lowest BCUT2D eigenvalue weighted by Gasteiger charge is -2.21. The molecule has 0 unspecified atom stereocenters. The van der Waals surface area contributed by atoms with E-state index in [-0.39, 0.29) is 5.82 Å². The Labute approximate surface area is 115 Å². The van der Waals surface area contributed by atoms with Crippen molar-refractivity contribution in [2.24, 2.45) is 5.92 Å². The fourth-order valence-electron chi connectivity index (χ4n) is 2.51. The topological polar surface area (TPSA) is 20.7 Å². The Balaban J connectivity index is 1.98. The molecule has 2 aromatic rings. The van der Waals surface area contributed by atoms with Crippen molar-refractivity contribution in [1.82, 2.24) is 9.55 Å². The van der Waals surface area contributed by atoms with Gasteiger partial charge in [0.2, 0.25) is 0 Å². The zero-order valence-electron chi connectivity index (χ0n) is 9.99. The number of aromatic nitrogens is 2. The van der Waals surface area contributed by atoms with E-state index < -0.39 is 0 Å². The van der Waals surface area contributed by atoms with Gasteiger partial charge in [0.15, 0.2) is 4.77 Å². The van der Waals surface area contributed by atoms with Gasteiger partial charge in [0.05, 0.1) is 5.52 Å². The van der Waals surface area contributed by atoms with Crippen molar-refractivity contribution in [2.45, 2.75) is 19.4 Å². The molecule has 0 radical (unpaired) electrons. The van der Waals surface area contributed by atoms with Crippen LogP contribution in [-0.4, -0.2) is 21.1 Å². The Morgan fingerprint density at radius 2 is 2.17 bits per heavy atom. The third kappa shape index (κ3) is 2.21. The van der Waals surface area contributed by atoms with E-state index in [2.05, 4.69) is 9.55 Å². The molecule has 0 bridgehead atoms. The van der Waals surface area contributed by atoms with Crippen molar-refractivity contribution in [3.05, 3.63) is 28.8 Å². The van der Waals surface area contributed by atoms with E-state index in [9.17, 15) is 4.39 Å². The first-order valence-corrected chi connectivity index (χ1v) is 7.77. The number of rotatable bonds is 2. The lowest BCUT2D eigenvalue weighted by Crippen LogP contribution is -2.16. The molecule has 0 spiro atoms. The number of thioether (sulfide) groups is 1. The highest BCUT2D eigenvalue weighted by Crippen LogP contribution is 2.26. The fraction of sp³-hybridized carbons (Fsp3) is 0.462. The Morgan fingerprint density at radius 1 is 1.39 bits per heavy atom. The summed E-state index contributed by atoms with van der Waals surface area (Å²) in [6.07, 6.45) is 2.46. The average molecular weight is 282 g/mol. The second kappa shape index (κ2) is 5.05. The van der Waals surface area contributed by atoms with E-state index in [0.717, 1.165) is 12.1 Å². The molecule has 5 heteroatoms. The molecule has 0 saturated carbocycles. The molecule has 2 nitrogen and oxygen atoms in total. The molecular formula is C13H15FN2S2. The maximum atomic E-state index is 13.7. The molecule has 1 aliphatic rings. The number of hydrogen-bond donors (Lipinski definition) is 1. The Hall–Kier alpha value is -0.810. The zero-order valence-corrected chi connectivity index (χ0v) is 11.6. The van der Waals surface area contributed by atoms with E-state index in [1.165, 1.54) is 30.4 Å².